The smallest absolute Gasteiger partial charge is 0.227 e. The molecule has 3 N–H and O–H groups in total. The van der Waals surface area contributed by atoms with E-state index in [4.69, 9.17) is 5.73 Å². The Labute approximate surface area is 125 Å². The lowest BCUT2D eigenvalue weighted by atomic mass is 9.73. The molecule has 2 rings (SSSR count). The summed E-state index contributed by atoms with van der Waals surface area (Å²) in [7, 11) is 0. The van der Waals surface area contributed by atoms with Crippen molar-refractivity contribution < 1.29 is 4.79 Å². The lowest BCUT2D eigenvalue weighted by Gasteiger charge is -2.35. The summed E-state index contributed by atoms with van der Waals surface area (Å²) in [4.78, 5) is 18.2. The Morgan fingerprint density at radius 2 is 2.05 bits per heavy atom. The summed E-state index contributed by atoms with van der Waals surface area (Å²) in [6.07, 6.45) is 5.28. The van der Waals surface area contributed by atoms with Gasteiger partial charge in [-0.25, -0.2) is 4.98 Å². The monoisotopic (exact) mass is 295 g/mol. The van der Waals surface area contributed by atoms with Crippen LogP contribution in [0.2, 0.25) is 0 Å². The maximum Gasteiger partial charge on any atom is 0.227 e. The SMILES string of the molecule is Cc1nc(C)c(C(C)NC(=O)C2(CN)CCCCC2)s1. The minimum atomic E-state index is -0.347. The van der Waals surface area contributed by atoms with Crippen LogP contribution in [0.4, 0.5) is 0 Å². The number of hydrogen-bond donors (Lipinski definition) is 2. The molecule has 1 aromatic rings. The third kappa shape index (κ3) is 3.04. The van der Waals surface area contributed by atoms with Crippen molar-refractivity contribution in [1.82, 2.24) is 10.3 Å². The topological polar surface area (TPSA) is 68.0 Å². The highest BCUT2D eigenvalue weighted by Gasteiger charge is 2.38. The molecule has 1 fully saturated rings. The molecule has 1 unspecified atom stereocenters. The molecule has 4 nitrogen and oxygen atoms in total. The molecule has 0 saturated heterocycles. The summed E-state index contributed by atoms with van der Waals surface area (Å²) in [5.74, 6) is 0.123. The lowest BCUT2D eigenvalue weighted by Crippen LogP contribution is -2.47. The van der Waals surface area contributed by atoms with Gasteiger partial charge in [-0.2, -0.15) is 0 Å². The van der Waals surface area contributed by atoms with E-state index in [1.807, 2.05) is 20.8 Å². The van der Waals surface area contributed by atoms with Crippen molar-refractivity contribution in [1.29, 1.82) is 0 Å². The van der Waals surface area contributed by atoms with E-state index in [1.165, 1.54) is 6.42 Å². The molecule has 20 heavy (non-hydrogen) atoms. The number of carbonyl (C=O) groups is 1. The quantitative estimate of drug-likeness (QED) is 0.897. The van der Waals surface area contributed by atoms with Gasteiger partial charge in [-0.1, -0.05) is 19.3 Å². The molecule has 1 atom stereocenters. The van der Waals surface area contributed by atoms with Crippen LogP contribution in [0.5, 0.6) is 0 Å². The second kappa shape index (κ2) is 6.22. The molecule has 1 saturated carbocycles. The van der Waals surface area contributed by atoms with Crippen LogP contribution in [0.3, 0.4) is 0 Å². The van der Waals surface area contributed by atoms with Crippen molar-refractivity contribution in [3.8, 4) is 0 Å². The molecule has 1 aliphatic rings. The molecular weight excluding hydrogens is 270 g/mol. The summed E-state index contributed by atoms with van der Waals surface area (Å²) < 4.78 is 0. The van der Waals surface area contributed by atoms with E-state index in [2.05, 4.69) is 10.3 Å². The molecule has 0 aliphatic heterocycles. The Morgan fingerprint density at radius 1 is 1.40 bits per heavy atom. The fraction of sp³-hybridized carbons (Fsp3) is 0.733. The normalized spacial score (nSPS) is 19.6. The zero-order valence-corrected chi connectivity index (χ0v) is 13.5. The fourth-order valence-corrected chi connectivity index (χ4v) is 4.05. The summed E-state index contributed by atoms with van der Waals surface area (Å²) in [5, 5.41) is 4.21. The molecule has 0 bridgehead atoms. The average molecular weight is 295 g/mol. The molecular formula is C15H25N3OS. The van der Waals surface area contributed by atoms with Crippen molar-refractivity contribution in [2.75, 3.05) is 6.54 Å². The maximum absolute atomic E-state index is 12.6. The Hall–Kier alpha value is -0.940. The number of nitrogens with one attached hydrogen (secondary N) is 1. The van der Waals surface area contributed by atoms with Gasteiger partial charge in [0.25, 0.3) is 0 Å². The largest absolute Gasteiger partial charge is 0.348 e. The number of carbonyl (C=O) groups excluding carboxylic acids is 1. The molecule has 1 aliphatic carbocycles. The van der Waals surface area contributed by atoms with Gasteiger partial charge in [-0.05, 0) is 33.6 Å². The van der Waals surface area contributed by atoms with E-state index in [9.17, 15) is 4.79 Å². The fourth-order valence-electron chi connectivity index (χ4n) is 3.12. The lowest BCUT2D eigenvalue weighted by molar-refractivity contribution is -0.133. The average Bonchev–Trinajstić information content (AvgIpc) is 2.78. The van der Waals surface area contributed by atoms with Crippen LogP contribution in [0.25, 0.3) is 0 Å². The first-order valence-electron chi connectivity index (χ1n) is 7.43. The number of rotatable bonds is 4. The van der Waals surface area contributed by atoms with E-state index in [1.54, 1.807) is 11.3 Å². The van der Waals surface area contributed by atoms with Crippen molar-refractivity contribution in [2.24, 2.45) is 11.1 Å². The Kier molecular flexibility index (Phi) is 4.81. The number of aryl methyl sites for hydroxylation is 2. The van der Waals surface area contributed by atoms with Gasteiger partial charge in [0.05, 0.1) is 22.2 Å². The Balaban J connectivity index is 2.08. The molecule has 112 valence electrons. The van der Waals surface area contributed by atoms with Gasteiger partial charge >= 0.3 is 0 Å². The molecule has 0 spiro atoms. The van der Waals surface area contributed by atoms with Crippen molar-refractivity contribution in [3.63, 3.8) is 0 Å². The van der Waals surface area contributed by atoms with Crippen molar-refractivity contribution >= 4 is 17.2 Å². The summed E-state index contributed by atoms with van der Waals surface area (Å²) in [5.41, 5.74) is 6.59. The summed E-state index contributed by atoms with van der Waals surface area (Å²) in [6.45, 7) is 6.48. The number of aromatic nitrogens is 1. The Morgan fingerprint density at radius 3 is 2.55 bits per heavy atom. The van der Waals surface area contributed by atoms with Crippen LogP contribution in [0.1, 0.15) is 60.6 Å². The van der Waals surface area contributed by atoms with Crippen molar-refractivity contribution in [2.45, 2.75) is 58.9 Å². The molecule has 0 radical (unpaired) electrons. The van der Waals surface area contributed by atoms with Gasteiger partial charge in [-0.15, -0.1) is 11.3 Å². The van der Waals surface area contributed by atoms with Crippen LogP contribution in [0.15, 0.2) is 0 Å². The highest BCUT2D eigenvalue weighted by Crippen LogP contribution is 2.36. The minimum absolute atomic E-state index is 0.0130. The van der Waals surface area contributed by atoms with Gasteiger partial charge in [-0.3, -0.25) is 4.79 Å². The Bertz CT molecular complexity index is 477. The molecule has 0 aromatic carbocycles. The van der Waals surface area contributed by atoms with Gasteiger partial charge < -0.3 is 11.1 Å². The van der Waals surface area contributed by atoms with Crippen LogP contribution in [-0.4, -0.2) is 17.4 Å². The highest BCUT2D eigenvalue weighted by atomic mass is 32.1. The number of thiazole rings is 1. The zero-order valence-electron chi connectivity index (χ0n) is 12.7. The molecule has 1 aromatic heterocycles. The van der Waals surface area contributed by atoms with E-state index >= 15 is 0 Å². The first-order valence-corrected chi connectivity index (χ1v) is 8.25. The standard InChI is InChI=1S/C15H25N3OS/c1-10-13(20-12(3)17-10)11(2)18-14(19)15(9-16)7-5-4-6-8-15/h11H,4-9,16H2,1-3H3,(H,18,19). The van der Waals surface area contributed by atoms with Gasteiger partial charge in [0.1, 0.15) is 0 Å². The van der Waals surface area contributed by atoms with Crippen LogP contribution < -0.4 is 11.1 Å². The minimum Gasteiger partial charge on any atom is -0.348 e. The number of nitrogens with two attached hydrogens (primary N) is 1. The van der Waals surface area contributed by atoms with E-state index < -0.39 is 0 Å². The van der Waals surface area contributed by atoms with Gasteiger partial charge in [0, 0.05) is 11.4 Å². The van der Waals surface area contributed by atoms with Crippen LogP contribution in [0, 0.1) is 19.3 Å². The zero-order chi connectivity index (χ0) is 14.8. The first-order chi connectivity index (χ1) is 9.48. The number of hydrogen-bond acceptors (Lipinski definition) is 4. The molecule has 5 heteroatoms. The number of nitrogens with zero attached hydrogens (tertiary/aromatic N) is 1. The first kappa shape index (κ1) is 15.4. The van der Waals surface area contributed by atoms with E-state index in [0.717, 1.165) is 41.3 Å². The van der Waals surface area contributed by atoms with Crippen LogP contribution in [-0.2, 0) is 4.79 Å². The predicted octanol–water partition coefficient (Wildman–Crippen LogP) is 2.85. The van der Waals surface area contributed by atoms with Gasteiger partial charge in [0.2, 0.25) is 5.91 Å². The summed E-state index contributed by atoms with van der Waals surface area (Å²) >= 11 is 1.66. The van der Waals surface area contributed by atoms with Crippen LogP contribution >= 0.6 is 11.3 Å². The molecule has 1 heterocycles. The van der Waals surface area contributed by atoms with E-state index in [0.29, 0.717) is 6.54 Å². The second-order valence-corrected chi connectivity index (χ2v) is 7.16. The maximum atomic E-state index is 12.6. The number of amides is 1. The third-order valence-corrected chi connectivity index (χ3v) is 5.62. The second-order valence-electron chi connectivity index (χ2n) is 5.92. The predicted molar refractivity (Wildman–Crippen MR) is 82.7 cm³/mol. The highest BCUT2D eigenvalue weighted by molar-refractivity contribution is 7.11. The van der Waals surface area contributed by atoms with Crippen molar-refractivity contribution in [3.05, 3.63) is 15.6 Å². The molecule has 1 amide bonds. The third-order valence-electron chi connectivity index (χ3n) is 4.36. The van der Waals surface area contributed by atoms with Gasteiger partial charge in [0.15, 0.2) is 0 Å². The summed E-state index contributed by atoms with van der Waals surface area (Å²) in [6, 6.07) is 0.0130. The van der Waals surface area contributed by atoms with E-state index in [-0.39, 0.29) is 17.4 Å².